The van der Waals surface area contributed by atoms with E-state index in [0.29, 0.717) is 0 Å². The van der Waals surface area contributed by atoms with Crippen molar-refractivity contribution in [2.75, 3.05) is 32.7 Å². The largest absolute Gasteiger partial charge is 0.316 e. The van der Waals surface area contributed by atoms with E-state index in [2.05, 4.69) is 10.2 Å². The summed E-state index contributed by atoms with van der Waals surface area (Å²) >= 11 is 0. The zero-order chi connectivity index (χ0) is 8.73. The van der Waals surface area contributed by atoms with Crippen molar-refractivity contribution in [1.82, 2.24) is 10.2 Å². The quantitative estimate of drug-likeness (QED) is 0.684. The van der Waals surface area contributed by atoms with Gasteiger partial charge in [0.1, 0.15) is 0 Å². The lowest BCUT2D eigenvalue weighted by Gasteiger charge is -2.42. The molecule has 0 bridgehead atoms. The van der Waals surface area contributed by atoms with Crippen molar-refractivity contribution >= 4 is 0 Å². The van der Waals surface area contributed by atoms with E-state index in [1.165, 1.54) is 58.4 Å². The van der Waals surface area contributed by atoms with Crippen LogP contribution >= 0.6 is 0 Å². The van der Waals surface area contributed by atoms with Crippen LogP contribution in [-0.2, 0) is 0 Å². The van der Waals surface area contributed by atoms with E-state index in [9.17, 15) is 0 Å². The van der Waals surface area contributed by atoms with Crippen LogP contribution in [0.5, 0.6) is 0 Å². The summed E-state index contributed by atoms with van der Waals surface area (Å²) in [4.78, 5) is 2.67. The highest BCUT2D eigenvalue weighted by molar-refractivity contribution is 5.05. The molecule has 1 N–H and O–H groups in total. The van der Waals surface area contributed by atoms with Gasteiger partial charge in [-0.1, -0.05) is 0 Å². The summed E-state index contributed by atoms with van der Waals surface area (Å²) in [5, 5.41) is 3.50. The molecule has 2 heterocycles. The fourth-order valence-corrected chi connectivity index (χ4v) is 2.97. The monoisotopic (exact) mass is 180 g/mol. The number of rotatable bonds is 2. The maximum absolute atomic E-state index is 3.50. The minimum Gasteiger partial charge on any atom is -0.316 e. The first-order chi connectivity index (χ1) is 6.36. The van der Waals surface area contributed by atoms with Gasteiger partial charge in [-0.05, 0) is 50.1 Å². The standard InChI is InChI=1S/C11H20N2/c1-2-10(6-12-5-1)7-13-8-11(9-13)3-4-11/h10,12H,1-9H2. The third kappa shape index (κ3) is 1.62. The Kier molecular flexibility index (Phi) is 1.88. The smallest absolute Gasteiger partial charge is 0.00506 e. The lowest BCUT2D eigenvalue weighted by atomic mass is 9.92. The van der Waals surface area contributed by atoms with E-state index in [4.69, 9.17) is 0 Å². The van der Waals surface area contributed by atoms with E-state index < -0.39 is 0 Å². The highest BCUT2D eigenvalue weighted by Gasteiger charge is 2.52. The van der Waals surface area contributed by atoms with Crippen molar-refractivity contribution in [3.63, 3.8) is 0 Å². The fourth-order valence-electron chi connectivity index (χ4n) is 2.97. The van der Waals surface area contributed by atoms with E-state index in [1.54, 1.807) is 0 Å². The van der Waals surface area contributed by atoms with Crippen molar-refractivity contribution in [1.29, 1.82) is 0 Å². The summed E-state index contributed by atoms with van der Waals surface area (Å²) in [6, 6.07) is 0. The predicted octanol–water partition coefficient (Wildman–Crippen LogP) is 1.08. The summed E-state index contributed by atoms with van der Waals surface area (Å²) < 4.78 is 0. The molecule has 2 saturated heterocycles. The Hall–Kier alpha value is -0.0800. The van der Waals surface area contributed by atoms with Crippen LogP contribution in [0.3, 0.4) is 0 Å². The van der Waals surface area contributed by atoms with Crippen molar-refractivity contribution in [2.24, 2.45) is 11.3 Å². The van der Waals surface area contributed by atoms with Gasteiger partial charge in [0, 0.05) is 19.6 Å². The molecule has 3 aliphatic rings. The fraction of sp³-hybridized carbons (Fsp3) is 1.00. The van der Waals surface area contributed by atoms with Crippen LogP contribution in [0.1, 0.15) is 25.7 Å². The van der Waals surface area contributed by atoms with Crippen molar-refractivity contribution in [3.8, 4) is 0 Å². The lowest BCUT2D eigenvalue weighted by molar-refractivity contribution is 0.0596. The topological polar surface area (TPSA) is 15.3 Å². The normalized spacial score (nSPS) is 37.4. The third-order valence-electron chi connectivity index (χ3n) is 3.99. The first-order valence-electron chi connectivity index (χ1n) is 5.79. The zero-order valence-corrected chi connectivity index (χ0v) is 8.39. The molecule has 0 aromatic carbocycles. The Morgan fingerprint density at radius 2 is 2.15 bits per heavy atom. The van der Waals surface area contributed by atoms with Gasteiger partial charge < -0.3 is 10.2 Å². The first kappa shape index (κ1) is 8.25. The molecule has 1 saturated carbocycles. The minimum absolute atomic E-state index is 0.849. The minimum atomic E-state index is 0.849. The molecular weight excluding hydrogens is 160 g/mol. The summed E-state index contributed by atoms with van der Waals surface area (Å²) in [5.41, 5.74) is 0.849. The highest BCUT2D eigenvalue weighted by atomic mass is 15.2. The van der Waals surface area contributed by atoms with Crippen molar-refractivity contribution in [3.05, 3.63) is 0 Å². The van der Waals surface area contributed by atoms with E-state index in [-0.39, 0.29) is 0 Å². The molecule has 2 aliphatic heterocycles. The van der Waals surface area contributed by atoms with Gasteiger partial charge in [-0.3, -0.25) is 0 Å². The highest BCUT2D eigenvalue weighted by Crippen LogP contribution is 2.52. The summed E-state index contributed by atoms with van der Waals surface area (Å²) in [7, 11) is 0. The molecule has 2 nitrogen and oxygen atoms in total. The molecule has 74 valence electrons. The van der Waals surface area contributed by atoms with Gasteiger partial charge in [0.25, 0.3) is 0 Å². The SMILES string of the molecule is C1CNCC(CN2CC3(CC3)C2)C1. The Morgan fingerprint density at radius 3 is 2.77 bits per heavy atom. The van der Waals surface area contributed by atoms with Gasteiger partial charge in [0.15, 0.2) is 0 Å². The van der Waals surface area contributed by atoms with E-state index >= 15 is 0 Å². The van der Waals surface area contributed by atoms with Gasteiger partial charge in [-0.25, -0.2) is 0 Å². The molecule has 1 atom stereocenters. The Balaban J connectivity index is 1.42. The van der Waals surface area contributed by atoms with Gasteiger partial charge in [-0.15, -0.1) is 0 Å². The van der Waals surface area contributed by atoms with Crippen LogP contribution in [0.2, 0.25) is 0 Å². The van der Waals surface area contributed by atoms with Crippen LogP contribution < -0.4 is 5.32 Å². The van der Waals surface area contributed by atoms with Gasteiger partial charge in [0.2, 0.25) is 0 Å². The van der Waals surface area contributed by atoms with Crippen LogP contribution in [0, 0.1) is 11.3 Å². The summed E-state index contributed by atoms with van der Waals surface area (Å²) in [6.45, 7) is 6.73. The van der Waals surface area contributed by atoms with E-state index in [1.807, 2.05) is 0 Å². The van der Waals surface area contributed by atoms with Crippen molar-refractivity contribution < 1.29 is 0 Å². The summed E-state index contributed by atoms with van der Waals surface area (Å²) in [6.07, 6.45) is 5.89. The molecule has 0 radical (unpaired) electrons. The Morgan fingerprint density at radius 1 is 1.31 bits per heavy atom. The first-order valence-corrected chi connectivity index (χ1v) is 5.79. The molecule has 3 rings (SSSR count). The predicted molar refractivity (Wildman–Crippen MR) is 53.7 cm³/mol. The number of piperidine rings is 1. The molecule has 1 unspecified atom stereocenters. The van der Waals surface area contributed by atoms with Crippen LogP contribution in [0.15, 0.2) is 0 Å². The molecule has 1 aliphatic carbocycles. The summed E-state index contributed by atoms with van der Waals surface area (Å²) in [5.74, 6) is 0.949. The van der Waals surface area contributed by atoms with Gasteiger partial charge >= 0.3 is 0 Å². The van der Waals surface area contributed by atoms with Crippen LogP contribution in [0.25, 0.3) is 0 Å². The maximum Gasteiger partial charge on any atom is 0.00506 e. The number of hydrogen-bond donors (Lipinski definition) is 1. The second kappa shape index (κ2) is 2.96. The molecule has 0 aromatic heterocycles. The molecule has 0 aromatic rings. The molecule has 0 amide bonds. The average molecular weight is 180 g/mol. The average Bonchev–Trinajstić information content (AvgIpc) is 2.86. The Labute approximate surface area is 80.7 Å². The maximum atomic E-state index is 3.50. The number of hydrogen-bond acceptors (Lipinski definition) is 2. The molecule has 2 heteroatoms. The molecule has 3 fully saturated rings. The number of nitrogens with one attached hydrogen (secondary N) is 1. The lowest BCUT2D eigenvalue weighted by Crippen LogP contribution is -2.51. The van der Waals surface area contributed by atoms with Crippen LogP contribution in [-0.4, -0.2) is 37.6 Å². The van der Waals surface area contributed by atoms with Gasteiger partial charge in [-0.2, -0.15) is 0 Å². The molecule has 1 spiro atoms. The third-order valence-corrected chi connectivity index (χ3v) is 3.99. The molecule has 13 heavy (non-hydrogen) atoms. The Bertz CT molecular complexity index is 184. The second-order valence-electron chi connectivity index (χ2n) is 5.38. The van der Waals surface area contributed by atoms with Crippen molar-refractivity contribution in [2.45, 2.75) is 25.7 Å². The zero-order valence-electron chi connectivity index (χ0n) is 8.39. The number of nitrogens with zero attached hydrogens (tertiary/aromatic N) is 1. The van der Waals surface area contributed by atoms with Gasteiger partial charge in [0.05, 0.1) is 0 Å². The number of likely N-dealkylation sites (tertiary alicyclic amines) is 1. The second-order valence-corrected chi connectivity index (χ2v) is 5.38. The van der Waals surface area contributed by atoms with Crippen LogP contribution in [0.4, 0.5) is 0 Å². The van der Waals surface area contributed by atoms with E-state index in [0.717, 1.165) is 11.3 Å². The molecular formula is C11H20N2.